The molecule has 4 amide bonds. The van der Waals surface area contributed by atoms with Crippen LogP contribution in [0.5, 0.6) is 0 Å². The van der Waals surface area contributed by atoms with E-state index < -0.39 is 24.0 Å². The SMILES string of the molecule is CNC(C)C(=O)N[C@H]1CCCC[C@H]2CC[C@@H](C(=O)NCc3cccc(NC(=O)C4COC(=O)C4)c3)N2C1=O. The van der Waals surface area contributed by atoms with Crippen LogP contribution in [0.15, 0.2) is 24.3 Å². The van der Waals surface area contributed by atoms with E-state index in [1.165, 1.54) is 0 Å². The van der Waals surface area contributed by atoms with Crippen molar-refractivity contribution in [2.24, 2.45) is 5.92 Å². The van der Waals surface area contributed by atoms with Gasteiger partial charge in [0.15, 0.2) is 0 Å². The van der Waals surface area contributed by atoms with Gasteiger partial charge in [-0.25, -0.2) is 0 Å². The minimum absolute atomic E-state index is 0.00957. The van der Waals surface area contributed by atoms with Crippen LogP contribution in [-0.2, 0) is 35.3 Å². The first-order valence-corrected chi connectivity index (χ1v) is 13.4. The minimum Gasteiger partial charge on any atom is -0.465 e. The highest BCUT2D eigenvalue weighted by atomic mass is 16.5. The molecule has 206 valence electrons. The summed E-state index contributed by atoms with van der Waals surface area (Å²) in [6.45, 7) is 2.05. The topological polar surface area (TPSA) is 146 Å². The number of rotatable bonds is 8. The monoisotopic (exact) mass is 527 g/mol. The van der Waals surface area contributed by atoms with E-state index in [-0.39, 0.29) is 55.2 Å². The molecule has 4 N–H and O–H groups in total. The number of carbonyl (C=O) groups is 5. The molecule has 11 nitrogen and oxygen atoms in total. The van der Waals surface area contributed by atoms with Crippen molar-refractivity contribution in [1.82, 2.24) is 20.9 Å². The third kappa shape index (κ3) is 6.50. The number of hydrogen-bond donors (Lipinski definition) is 4. The maximum atomic E-state index is 13.5. The average molecular weight is 528 g/mol. The Kier molecular flexibility index (Phi) is 8.98. The van der Waals surface area contributed by atoms with Gasteiger partial charge in [-0.1, -0.05) is 25.0 Å². The van der Waals surface area contributed by atoms with Crippen LogP contribution in [0.1, 0.15) is 57.4 Å². The zero-order valence-corrected chi connectivity index (χ0v) is 22.0. The third-order valence-electron chi connectivity index (χ3n) is 7.67. The quantitative estimate of drug-likeness (QED) is 0.366. The molecule has 5 atom stereocenters. The van der Waals surface area contributed by atoms with E-state index in [2.05, 4.69) is 21.3 Å². The highest BCUT2D eigenvalue weighted by Crippen LogP contribution is 2.31. The molecule has 0 bridgehead atoms. The highest BCUT2D eigenvalue weighted by Gasteiger charge is 2.43. The minimum atomic E-state index is -0.643. The molecule has 0 saturated carbocycles. The van der Waals surface area contributed by atoms with Crippen LogP contribution in [0.3, 0.4) is 0 Å². The normalized spacial score (nSPS) is 26.0. The number of fused-ring (bicyclic) bond motifs is 1. The van der Waals surface area contributed by atoms with E-state index in [4.69, 9.17) is 4.74 Å². The molecule has 1 aromatic carbocycles. The highest BCUT2D eigenvalue weighted by molar-refractivity contribution is 5.96. The van der Waals surface area contributed by atoms with Gasteiger partial charge in [-0.3, -0.25) is 24.0 Å². The Morgan fingerprint density at radius 1 is 1.08 bits per heavy atom. The number of nitrogens with zero attached hydrogens (tertiary/aromatic N) is 1. The lowest BCUT2D eigenvalue weighted by Crippen LogP contribution is -2.57. The standard InChI is InChI=1S/C27H37N5O6/c1-16(28-2)24(34)31-21-9-4-3-8-20-10-11-22(32(20)27(21)37)26(36)29-14-17-6-5-7-19(12-17)30-25(35)18-13-23(33)38-15-18/h5-7,12,16,18,20-22,28H,3-4,8-11,13-15H2,1-2H3,(H,29,36)(H,30,35)(H,31,34)/t16?,18?,20-,21-,22-/m0/s1. The Balaban J connectivity index is 1.37. The van der Waals surface area contributed by atoms with Crippen LogP contribution >= 0.6 is 0 Å². The second-order valence-corrected chi connectivity index (χ2v) is 10.3. The van der Waals surface area contributed by atoms with Crippen molar-refractivity contribution in [3.63, 3.8) is 0 Å². The number of amides is 4. The van der Waals surface area contributed by atoms with Gasteiger partial charge in [0, 0.05) is 18.3 Å². The van der Waals surface area contributed by atoms with Crippen LogP contribution in [0.2, 0.25) is 0 Å². The van der Waals surface area contributed by atoms with Crippen molar-refractivity contribution in [3.05, 3.63) is 29.8 Å². The van der Waals surface area contributed by atoms with Gasteiger partial charge in [0.25, 0.3) is 0 Å². The number of esters is 1. The van der Waals surface area contributed by atoms with E-state index in [1.807, 2.05) is 6.07 Å². The number of ether oxygens (including phenoxy) is 1. The summed E-state index contributed by atoms with van der Waals surface area (Å²) in [6, 6.07) is 5.46. The molecule has 3 aliphatic rings. The molecular formula is C27H37N5O6. The largest absolute Gasteiger partial charge is 0.465 e. The molecule has 3 aliphatic heterocycles. The number of likely N-dealkylation sites (N-methyl/N-ethyl adjacent to an activating group) is 1. The van der Waals surface area contributed by atoms with Gasteiger partial charge in [-0.15, -0.1) is 0 Å². The fourth-order valence-corrected chi connectivity index (χ4v) is 5.34. The van der Waals surface area contributed by atoms with Crippen molar-refractivity contribution in [3.8, 4) is 0 Å². The van der Waals surface area contributed by atoms with E-state index in [0.717, 1.165) is 31.2 Å². The molecule has 11 heteroatoms. The van der Waals surface area contributed by atoms with Crippen LogP contribution in [0.25, 0.3) is 0 Å². The first-order chi connectivity index (χ1) is 18.3. The van der Waals surface area contributed by atoms with Crippen molar-refractivity contribution < 1.29 is 28.7 Å². The van der Waals surface area contributed by atoms with Gasteiger partial charge < -0.3 is 30.9 Å². The molecule has 2 unspecified atom stereocenters. The number of benzene rings is 1. The maximum absolute atomic E-state index is 13.5. The Morgan fingerprint density at radius 3 is 2.61 bits per heavy atom. The number of nitrogens with one attached hydrogen (secondary N) is 4. The summed E-state index contributed by atoms with van der Waals surface area (Å²) in [5, 5.41) is 11.5. The third-order valence-corrected chi connectivity index (χ3v) is 7.67. The van der Waals surface area contributed by atoms with E-state index in [9.17, 15) is 24.0 Å². The molecule has 4 rings (SSSR count). The number of anilines is 1. The molecule has 0 radical (unpaired) electrons. The summed E-state index contributed by atoms with van der Waals surface area (Å²) in [4.78, 5) is 64.6. The van der Waals surface area contributed by atoms with Gasteiger partial charge >= 0.3 is 5.97 Å². The number of carbonyl (C=O) groups excluding carboxylic acids is 5. The van der Waals surface area contributed by atoms with Crippen LogP contribution in [-0.4, -0.2) is 72.3 Å². The fourth-order valence-electron chi connectivity index (χ4n) is 5.34. The van der Waals surface area contributed by atoms with Crippen molar-refractivity contribution in [2.75, 3.05) is 19.0 Å². The summed E-state index contributed by atoms with van der Waals surface area (Å²) in [7, 11) is 1.69. The van der Waals surface area contributed by atoms with Gasteiger partial charge in [-0.05, 0) is 57.4 Å². The van der Waals surface area contributed by atoms with Gasteiger partial charge in [0.2, 0.25) is 23.6 Å². The summed E-state index contributed by atoms with van der Waals surface area (Å²) < 4.78 is 4.86. The second-order valence-electron chi connectivity index (χ2n) is 10.3. The smallest absolute Gasteiger partial charge is 0.306 e. The molecule has 0 aromatic heterocycles. The first-order valence-electron chi connectivity index (χ1n) is 13.4. The van der Waals surface area contributed by atoms with Crippen molar-refractivity contribution in [1.29, 1.82) is 0 Å². The number of cyclic esters (lactones) is 1. The summed E-state index contributed by atoms with van der Waals surface area (Å²) in [5.74, 6) is -1.83. The maximum Gasteiger partial charge on any atom is 0.306 e. The van der Waals surface area contributed by atoms with Gasteiger partial charge in [-0.2, -0.15) is 0 Å². The predicted octanol–water partition coefficient (Wildman–Crippen LogP) is 0.831. The second kappa shape index (κ2) is 12.4. The van der Waals surface area contributed by atoms with Crippen LogP contribution in [0, 0.1) is 5.92 Å². The van der Waals surface area contributed by atoms with Crippen molar-refractivity contribution >= 4 is 35.3 Å². The Labute approximate surface area is 222 Å². The molecule has 0 aliphatic carbocycles. The lowest BCUT2D eigenvalue weighted by molar-refractivity contribution is -0.144. The molecule has 0 spiro atoms. The first kappa shape index (κ1) is 27.6. The van der Waals surface area contributed by atoms with Gasteiger partial charge in [0.05, 0.1) is 18.4 Å². The summed E-state index contributed by atoms with van der Waals surface area (Å²) >= 11 is 0. The molecule has 3 heterocycles. The molecule has 1 aromatic rings. The Morgan fingerprint density at radius 2 is 1.87 bits per heavy atom. The lowest BCUT2D eigenvalue weighted by Gasteiger charge is -2.35. The van der Waals surface area contributed by atoms with Crippen molar-refractivity contribution in [2.45, 2.75) is 82.6 Å². The Hall–Kier alpha value is -3.47. The van der Waals surface area contributed by atoms with E-state index in [0.29, 0.717) is 18.5 Å². The lowest BCUT2D eigenvalue weighted by atomic mass is 9.98. The predicted molar refractivity (Wildman–Crippen MR) is 139 cm³/mol. The summed E-state index contributed by atoms with van der Waals surface area (Å²) in [5.41, 5.74) is 1.35. The van der Waals surface area contributed by atoms with Gasteiger partial charge in [0.1, 0.15) is 18.7 Å². The molecular weight excluding hydrogens is 490 g/mol. The van der Waals surface area contributed by atoms with Crippen LogP contribution in [0.4, 0.5) is 5.69 Å². The number of hydrogen-bond acceptors (Lipinski definition) is 7. The fraction of sp³-hybridized carbons (Fsp3) is 0.593. The Bertz CT molecular complexity index is 1080. The zero-order valence-electron chi connectivity index (χ0n) is 22.0. The van der Waals surface area contributed by atoms with E-state index in [1.54, 1.807) is 37.1 Å². The van der Waals surface area contributed by atoms with E-state index >= 15 is 0 Å². The van der Waals surface area contributed by atoms with Crippen LogP contribution < -0.4 is 21.3 Å². The average Bonchev–Trinajstić information content (AvgIpc) is 3.53. The molecule has 3 fully saturated rings. The molecule has 38 heavy (non-hydrogen) atoms. The summed E-state index contributed by atoms with van der Waals surface area (Å²) in [6.07, 6.45) is 4.60. The zero-order chi connectivity index (χ0) is 27.2. The molecule has 3 saturated heterocycles.